The van der Waals surface area contributed by atoms with E-state index in [0.29, 0.717) is 5.92 Å². The largest absolute Gasteiger partial charge is 0.399 e. The van der Waals surface area contributed by atoms with Crippen LogP contribution in [0.25, 0.3) is 28.0 Å². The molecular weight excluding hydrogens is 302 g/mol. The Hall–Kier alpha value is -2.54. The van der Waals surface area contributed by atoms with E-state index in [2.05, 4.69) is 54.6 Å². The second-order valence-corrected chi connectivity index (χ2v) is 7.51. The second kappa shape index (κ2) is 5.77. The van der Waals surface area contributed by atoms with Crippen LogP contribution in [0.3, 0.4) is 0 Å². The molecular formula is C24H23N. The first-order valence-corrected chi connectivity index (χ1v) is 9.41. The highest BCUT2D eigenvalue weighted by Gasteiger charge is 2.29. The molecule has 0 aromatic heterocycles. The Balaban J connectivity index is 1.78. The zero-order valence-electron chi connectivity index (χ0n) is 14.4. The van der Waals surface area contributed by atoms with Crippen LogP contribution in [0.4, 0.5) is 5.69 Å². The van der Waals surface area contributed by atoms with Gasteiger partial charge in [0.05, 0.1) is 0 Å². The Morgan fingerprint density at radius 1 is 0.880 bits per heavy atom. The van der Waals surface area contributed by atoms with Gasteiger partial charge in [-0.05, 0) is 69.8 Å². The summed E-state index contributed by atoms with van der Waals surface area (Å²) in [6.45, 7) is 0. The van der Waals surface area contributed by atoms with Crippen molar-refractivity contribution in [2.45, 2.75) is 31.6 Å². The summed E-state index contributed by atoms with van der Waals surface area (Å²) in [6.07, 6.45) is 10.3. The van der Waals surface area contributed by atoms with Gasteiger partial charge in [0.25, 0.3) is 0 Å². The zero-order valence-corrected chi connectivity index (χ0v) is 14.4. The molecule has 0 aliphatic heterocycles. The maximum absolute atomic E-state index is 6.05. The normalized spacial score (nSPS) is 21.8. The van der Waals surface area contributed by atoms with Gasteiger partial charge in [-0.25, -0.2) is 0 Å². The summed E-state index contributed by atoms with van der Waals surface area (Å²) >= 11 is 0. The number of nitrogen functional groups attached to an aromatic ring is 1. The smallest absolute Gasteiger partial charge is 0.0320 e. The minimum Gasteiger partial charge on any atom is -0.399 e. The molecule has 1 saturated carbocycles. The first-order valence-electron chi connectivity index (χ1n) is 9.41. The Labute approximate surface area is 149 Å². The summed E-state index contributed by atoms with van der Waals surface area (Å²) in [6, 6.07) is 19.6. The van der Waals surface area contributed by atoms with Gasteiger partial charge < -0.3 is 5.73 Å². The average Bonchev–Trinajstić information content (AvgIpc) is 2.67. The third kappa shape index (κ3) is 2.38. The number of hydrogen-bond donors (Lipinski definition) is 1. The second-order valence-electron chi connectivity index (χ2n) is 7.51. The molecule has 2 N–H and O–H groups in total. The van der Waals surface area contributed by atoms with Crippen molar-refractivity contribution in [3.05, 3.63) is 71.8 Å². The first-order chi connectivity index (χ1) is 12.3. The Morgan fingerprint density at radius 2 is 1.76 bits per heavy atom. The van der Waals surface area contributed by atoms with Crippen molar-refractivity contribution in [3.63, 3.8) is 0 Å². The fraction of sp³-hybridized carbons (Fsp3) is 0.250. The SMILES string of the molecule is Nc1cccc(-c2cccc3ccc4c(c23)C=CC2CCCCC42)c1. The monoisotopic (exact) mass is 325 g/mol. The van der Waals surface area contributed by atoms with Crippen molar-refractivity contribution in [2.75, 3.05) is 5.73 Å². The zero-order chi connectivity index (χ0) is 16.8. The van der Waals surface area contributed by atoms with E-state index in [-0.39, 0.29) is 0 Å². The first kappa shape index (κ1) is 14.8. The van der Waals surface area contributed by atoms with Crippen molar-refractivity contribution in [1.82, 2.24) is 0 Å². The molecule has 0 bridgehead atoms. The summed E-state index contributed by atoms with van der Waals surface area (Å²) in [5, 5.41) is 2.70. The van der Waals surface area contributed by atoms with Crippen LogP contribution in [0, 0.1) is 5.92 Å². The molecule has 0 heterocycles. The van der Waals surface area contributed by atoms with E-state index < -0.39 is 0 Å². The van der Waals surface area contributed by atoms with Gasteiger partial charge in [-0.15, -0.1) is 0 Å². The summed E-state index contributed by atoms with van der Waals surface area (Å²) in [4.78, 5) is 0. The molecule has 2 atom stereocenters. The van der Waals surface area contributed by atoms with Crippen LogP contribution in [0.15, 0.2) is 60.7 Å². The van der Waals surface area contributed by atoms with E-state index >= 15 is 0 Å². The van der Waals surface area contributed by atoms with Crippen LogP contribution in [0.2, 0.25) is 0 Å². The van der Waals surface area contributed by atoms with Crippen molar-refractivity contribution in [1.29, 1.82) is 0 Å². The number of anilines is 1. The van der Waals surface area contributed by atoms with Gasteiger partial charge in [-0.3, -0.25) is 0 Å². The van der Waals surface area contributed by atoms with Gasteiger partial charge in [0.2, 0.25) is 0 Å². The number of rotatable bonds is 1. The summed E-state index contributed by atoms with van der Waals surface area (Å²) in [5.74, 6) is 1.44. The van der Waals surface area contributed by atoms with Crippen LogP contribution in [-0.2, 0) is 0 Å². The van der Waals surface area contributed by atoms with E-state index in [1.807, 2.05) is 12.1 Å². The Bertz CT molecular complexity index is 983. The highest BCUT2D eigenvalue weighted by Crippen LogP contribution is 2.46. The molecule has 2 aliphatic rings. The molecule has 0 amide bonds. The number of allylic oxidation sites excluding steroid dienone is 1. The highest BCUT2D eigenvalue weighted by molar-refractivity contribution is 6.03. The standard InChI is InChI=1S/C24H23N/c25-19-8-3-7-18(15-19)21-10-4-6-17-12-13-22-20-9-2-1-5-16(20)11-14-23(22)24(17)21/h3-4,6-8,10-16,20H,1-2,5,9,25H2. The minimum absolute atomic E-state index is 0.701. The fourth-order valence-corrected chi connectivity index (χ4v) is 4.87. The lowest BCUT2D eigenvalue weighted by molar-refractivity contribution is 0.360. The van der Waals surface area contributed by atoms with Crippen LogP contribution in [0.1, 0.15) is 42.7 Å². The molecule has 0 radical (unpaired) electrons. The molecule has 2 aliphatic carbocycles. The predicted octanol–water partition coefficient (Wildman–Crippen LogP) is 6.39. The third-order valence-corrected chi connectivity index (χ3v) is 6.05. The fourth-order valence-electron chi connectivity index (χ4n) is 4.87. The lowest BCUT2D eigenvalue weighted by Crippen LogP contribution is -2.19. The van der Waals surface area contributed by atoms with Crippen molar-refractivity contribution in [2.24, 2.45) is 5.92 Å². The maximum atomic E-state index is 6.05. The molecule has 124 valence electrons. The average molecular weight is 325 g/mol. The molecule has 1 nitrogen and oxygen atoms in total. The molecule has 25 heavy (non-hydrogen) atoms. The van der Waals surface area contributed by atoms with Crippen LogP contribution < -0.4 is 5.73 Å². The van der Waals surface area contributed by atoms with Gasteiger partial charge in [-0.2, -0.15) is 0 Å². The summed E-state index contributed by atoms with van der Waals surface area (Å²) < 4.78 is 0. The number of nitrogens with two attached hydrogens (primary N) is 1. The number of fused-ring (bicyclic) bond motifs is 5. The lowest BCUT2D eigenvalue weighted by Gasteiger charge is -2.34. The molecule has 1 heteroatoms. The van der Waals surface area contributed by atoms with Crippen molar-refractivity contribution < 1.29 is 0 Å². The molecule has 1 fully saturated rings. The third-order valence-electron chi connectivity index (χ3n) is 6.05. The molecule has 0 spiro atoms. The summed E-state index contributed by atoms with van der Waals surface area (Å²) in [7, 11) is 0. The number of hydrogen-bond acceptors (Lipinski definition) is 1. The quantitative estimate of drug-likeness (QED) is 0.515. The molecule has 0 saturated heterocycles. The van der Waals surface area contributed by atoms with E-state index in [1.54, 1.807) is 5.56 Å². The topological polar surface area (TPSA) is 26.0 Å². The van der Waals surface area contributed by atoms with Crippen LogP contribution >= 0.6 is 0 Å². The van der Waals surface area contributed by atoms with Gasteiger partial charge in [0.15, 0.2) is 0 Å². The van der Waals surface area contributed by atoms with Crippen molar-refractivity contribution in [3.8, 4) is 11.1 Å². The van der Waals surface area contributed by atoms with E-state index in [9.17, 15) is 0 Å². The minimum atomic E-state index is 0.701. The van der Waals surface area contributed by atoms with Gasteiger partial charge in [0.1, 0.15) is 0 Å². The molecule has 3 aromatic rings. The van der Waals surface area contributed by atoms with Crippen LogP contribution in [-0.4, -0.2) is 0 Å². The van der Waals surface area contributed by atoms with E-state index in [1.165, 1.54) is 53.1 Å². The Morgan fingerprint density at radius 3 is 2.68 bits per heavy atom. The highest BCUT2D eigenvalue weighted by atomic mass is 14.5. The predicted molar refractivity (Wildman–Crippen MR) is 108 cm³/mol. The van der Waals surface area contributed by atoms with Crippen molar-refractivity contribution >= 4 is 22.5 Å². The lowest BCUT2D eigenvalue weighted by atomic mass is 9.70. The number of benzene rings is 3. The van der Waals surface area contributed by atoms with Gasteiger partial charge in [-0.1, -0.05) is 67.5 Å². The van der Waals surface area contributed by atoms with E-state index in [0.717, 1.165) is 11.6 Å². The Kier molecular flexibility index (Phi) is 3.41. The molecule has 3 aromatic carbocycles. The van der Waals surface area contributed by atoms with Gasteiger partial charge in [0, 0.05) is 5.69 Å². The summed E-state index contributed by atoms with van der Waals surface area (Å²) in [5.41, 5.74) is 12.4. The van der Waals surface area contributed by atoms with Gasteiger partial charge >= 0.3 is 0 Å². The van der Waals surface area contributed by atoms with Crippen LogP contribution in [0.5, 0.6) is 0 Å². The molecule has 2 unspecified atom stereocenters. The molecule has 5 rings (SSSR count). The van der Waals surface area contributed by atoms with E-state index in [4.69, 9.17) is 5.73 Å². The maximum Gasteiger partial charge on any atom is 0.0320 e.